The third-order valence-corrected chi connectivity index (χ3v) is 5.09. The maximum absolute atomic E-state index is 12.9. The van der Waals surface area contributed by atoms with E-state index >= 15 is 0 Å². The van der Waals surface area contributed by atoms with Crippen LogP contribution in [0.4, 0.5) is 0 Å². The fraction of sp³-hybridized carbons (Fsp3) is 0.476. The summed E-state index contributed by atoms with van der Waals surface area (Å²) < 4.78 is 10.2. The molecule has 0 aliphatic heterocycles. The zero-order valence-corrected chi connectivity index (χ0v) is 17.6. The second-order valence-corrected chi connectivity index (χ2v) is 7.34. The molecule has 1 amide bonds. The Bertz CT molecular complexity index is 758. The van der Waals surface area contributed by atoms with Gasteiger partial charge in [-0.25, -0.2) is 9.78 Å². The van der Waals surface area contributed by atoms with Crippen molar-refractivity contribution < 1.29 is 19.1 Å². The van der Waals surface area contributed by atoms with E-state index in [0.717, 1.165) is 35.6 Å². The van der Waals surface area contributed by atoms with Crippen molar-refractivity contribution in [2.24, 2.45) is 0 Å². The molecular weight excluding hydrogens is 376 g/mol. The first-order valence-electron chi connectivity index (χ1n) is 9.59. The standard InChI is InChI=1S/C21H28N2O4S/c1-4-6-7-12-23(14-19-22-18(15-28-19)21(25)27-5-2)20(24)13-16-8-10-17(26-3)11-9-16/h8-11,15H,4-7,12-14H2,1-3H3. The van der Waals surface area contributed by atoms with Gasteiger partial charge in [-0.3, -0.25) is 4.79 Å². The van der Waals surface area contributed by atoms with E-state index in [1.807, 2.05) is 29.2 Å². The second kappa shape index (κ2) is 11.4. The number of methoxy groups -OCH3 is 1. The van der Waals surface area contributed by atoms with Crippen LogP contribution in [0.3, 0.4) is 0 Å². The summed E-state index contributed by atoms with van der Waals surface area (Å²) in [4.78, 5) is 30.9. The molecule has 1 aromatic heterocycles. The lowest BCUT2D eigenvalue weighted by Gasteiger charge is -2.22. The highest BCUT2D eigenvalue weighted by Gasteiger charge is 2.18. The Labute approximate surface area is 170 Å². The van der Waals surface area contributed by atoms with Crippen LogP contribution in [-0.4, -0.2) is 42.0 Å². The van der Waals surface area contributed by atoms with Crippen LogP contribution in [0.15, 0.2) is 29.6 Å². The van der Waals surface area contributed by atoms with Crippen molar-refractivity contribution in [2.75, 3.05) is 20.3 Å². The molecule has 6 nitrogen and oxygen atoms in total. The number of carbonyl (C=O) groups excluding carboxylic acids is 2. The molecule has 0 aliphatic rings. The van der Waals surface area contributed by atoms with Gasteiger partial charge in [0.1, 0.15) is 10.8 Å². The van der Waals surface area contributed by atoms with Crippen molar-refractivity contribution in [3.63, 3.8) is 0 Å². The first-order valence-corrected chi connectivity index (χ1v) is 10.5. The number of esters is 1. The summed E-state index contributed by atoms with van der Waals surface area (Å²) in [7, 11) is 1.62. The monoisotopic (exact) mass is 404 g/mol. The Morgan fingerprint density at radius 2 is 1.89 bits per heavy atom. The van der Waals surface area contributed by atoms with Gasteiger partial charge in [-0.15, -0.1) is 11.3 Å². The normalized spacial score (nSPS) is 10.5. The summed E-state index contributed by atoms with van der Waals surface area (Å²) in [5.74, 6) is 0.395. The first kappa shape index (κ1) is 21.9. The molecule has 0 N–H and O–H groups in total. The van der Waals surface area contributed by atoms with Crippen molar-refractivity contribution in [3.8, 4) is 5.75 Å². The van der Waals surface area contributed by atoms with Crippen LogP contribution in [-0.2, 0) is 22.5 Å². The number of amides is 1. The summed E-state index contributed by atoms with van der Waals surface area (Å²) in [5, 5.41) is 2.42. The highest BCUT2D eigenvalue weighted by Crippen LogP contribution is 2.17. The number of benzene rings is 1. The van der Waals surface area contributed by atoms with Gasteiger partial charge in [-0.1, -0.05) is 31.9 Å². The quantitative estimate of drug-likeness (QED) is 0.417. The largest absolute Gasteiger partial charge is 0.497 e. The number of unbranched alkanes of at least 4 members (excludes halogenated alkanes) is 2. The number of hydrogen-bond donors (Lipinski definition) is 0. The van der Waals surface area contributed by atoms with Gasteiger partial charge >= 0.3 is 5.97 Å². The minimum atomic E-state index is -0.424. The van der Waals surface area contributed by atoms with Crippen LogP contribution in [0.1, 0.15) is 54.2 Å². The molecule has 0 radical (unpaired) electrons. The molecule has 0 unspecified atom stereocenters. The molecule has 2 rings (SSSR count). The molecule has 0 spiro atoms. The number of rotatable bonds is 11. The molecule has 0 bridgehead atoms. The van der Waals surface area contributed by atoms with E-state index in [1.54, 1.807) is 19.4 Å². The SMILES string of the molecule is CCCCCN(Cc1nc(C(=O)OCC)cs1)C(=O)Cc1ccc(OC)cc1. The van der Waals surface area contributed by atoms with E-state index in [0.29, 0.717) is 31.8 Å². The minimum absolute atomic E-state index is 0.0501. The molecule has 7 heteroatoms. The van der Waals surface area contributed by atoms with Gasteiger partial charge in [0.15, 0.2) is 5.69 Å². The van der Waals surface area contributed by atoms with E-state index in [1.165, 1.54) is 11.3 Å². The molecule has 0 atom stereocenters. The first-order chi connectivity index (χ1) is 13.6. The fourth-order valence-corrected chi connectivity index (χ4v) is 3.50. The van der Waals surface area contributed by atoms with Crippen molar-refractivity contribution in [2.45, 2.75) is 46.1 Å². The van der Waals surface area contributed by atoms with E-state index in [9.17, 15) is 9.59 Å². The molecule has 152 valence electrons. The molecule has 2 aromatic rings. The maximum Gasteiger partial charge on any atom is 0.357 e. The number of thiazole rings is 1. The molecule has 0 saturated heterocycles. The number of hydrogen-bond acceptors (Lipinski definition) is 6. The van der Waals surface area contributed by atoms with Crippen LogP contribution in [0, 0.1) is 0 Å². The van der Waals surface area contributed by atoms with E-state index in [4.69, 9.17) is 9.47 Å². The van der Waals surface area contributed by atoms with Gasteiger partial charge in [0.05, 0.1) is 26.7 Å². The topological polar surface area (TPSA) is 68.7 Å². The van der Waals surface area contributed by atoms with Gasteiger partial charge in [-0.05, 0) is 31.0 Å². The molecule has 0 saturated carbocycles. The molecule has 0 aliphatic carbocycles. The number of ether oxygens (including phenoxy) is 2. The van der Waals surface area contributed by atoms with Crippen molar-refractivity contribution >= 4 is 23.2 Å². The lowest BCUT2D eigenvalue weighted by Crippen LogP contribution is -2.32. The van der Waals surface area contributed by atoms with Crippen LogP contribution >= 0.6 is 11.3 Å². The summed E-state index contributed by atoms with van der Waals surface area (Å²) in [6.45, 7) is 5.30. The minimum Gasteiger partial charge on any atom is -0.497 e. The van der Waals surface area contributed by atoms with E-state index < -0.39 is 5.97 Å². The Morgan fingerprint density at radius 1 is 1.14 bits per heavy atom. The number of carbonyl (C=O) groups is 2. The second-order valence-electron chi connectivity index (χ2n) is 6.39. The van der Waals surface area contributed by atoms with Crippen LogP contribution in [0.25, 0.3) is 0 Å². The van der Waals surface area contributed by atoms with Crippen molar-refractivity contribution in [1.29, 1.82) is 0 Å². The molecule has 0 fully saturated rings. The molecular formula is C21H28N2O4S. The maximum atomic E-state index is 12.9. The Hall–Kier alpha value is -2.41. The van der Waals surface area contributed by atoms with Crippen molar-refractivity contribution in [3.05, 3.63) is 45.9 Å². The predicted octanol–water partition coefficient (Wildman–Crippen LogP) is 4.09. The lowest BCUT2D eigenvalue weighted by atomic mass is 10.1. The molecule has 1 heterocycles. The van der Waals surface area contributed by atoms with Gasteiger partial charge in [0, 0.05) is 11.9 Å². The van der Waals surface area contributed by atoms with Crippen molar-refractivity contribution in [1.82, 2.24) is 9.88 Å². The number of nitrogens with zero attached hydrogens (tertiary/aromatic N) is 2. The smallest absolute Gasteiger partial charge is 0.357 e. The summed E-state index contributed by atoms with van der Waals surface area (Å²) >= 11 is 1.38. The average Bonchev–Trinajstić information content (AvgIpc) is 3.17. The predicted molar refractivity (Wildman–Crippen MR) is 110 cm³/mol. The molecule has 28 heavy (non-hydrogen) atoms. The number of aromatic nitrogens is 1. The van der Waals surface area contributed by atoms with E-state index in [-0.39, 0.29) is 5.91 Å². The third kappa shape index (κ3) is 6.64. The van der Waals surface area contributed by atoms with Crippen LogP contribution < -0.4 is 4.74 Å². The van der Waals surface area contributed by atoms with Crippen LogP contribution in [0.2, 0.25) is 0 Å². The highest BCUT2D eigenvalue weighted by atomic mass is 32.1. The van der Waals surface area contributed by atoms with Gasteiger partial charge < -0.3 is 14.4 Å². The molecule has 1 aromatic carbocycles. The summed E-state index contributed by atoms with van der Waals surface area (Å²) in [6.07, 6.45) is 3.43. The Kier molecular flexibility index (Phi) is 8.94. The highest BCUT2D eigenvalue weighted by molar-refractivity contribution is 7.09. The average molecular weight is 405 g/mol. The Balaban J connectivity index is 2.05. The summed E-state index contributed by atoms with van der Waals surface area (Å²) in [6, 6.07) is 7.53. The fourth-order valence-electron chi connectivity index (χ4n) is 2.72. The van der Waals surface area contributed by atoms with Gasteiger partial charge in [0.2, 0.25) is 5.91 Å². The third-order valence-electron chi connectivity index (χ3n) is 4.26. The van der Waals surface area contributed by atoms with E-state index in [2.05, 4.69) is 11.9 Å². The Morgan fingerprint density at radius 3 is 2.54 bits per heavy atom. The van der Waals surface area contributed by atoms with Crippen LogP contribution in [0.5, 0.6) is 5.75 Å². The van der Waals surface area contributed by atoms with Gasteiger partial charge in [-0.2, -0.15) is 0 Å². The summed E-state index contributed by atoms with van der Waals surface area (Å²) in [5.41, 5.74) is 1.25. The zero-order chi connectivity index (χ0) is 20.4. The van der Waals surface area contributed by atoms with Gasteiger partial charge in [0.25, 0.3) is 0 Å². The lowest BCUT2D eigenvalue weighted by molar-refractivity contribution is -0.131. The zero-order valence-electron chi connectivity index (χ0n) is 16.8.